The number of methoxy groups -OCH3 is 1. The first-order valence-corrected chi connectivity index (χ1v) is 5.23. The van der Waals surface area contributed by atoms with Gasteiger partial charge in [0.2, 0.25) is 5.91 Å². The summed E-state index contributed by atoms with van der Waals surface area (Å²) in [6.07, 6.45) is 0.00899. The maximum atomic E-state index is 11.2. The van der Waals surface area contributed by atoms with Gasteiger partial charge < -0.3 is 20.5 Å². The number of carbonyl (C=O) groups excluding carboxylic acids is 1. The molecule has 90 valence electrons. The van der Waals surface area contributed by atoms with Crippen LogP contribution >= 0.6 is 0 Å². The van der Waals surface area contributed by atoms with Gasteiger partial charge in [-0.3, -0.25) is 4.79 Å². The number of nitrogens with one attached hydrogen (secondary N) is 2. The molecule has 0 aromatic rings. The Bertz CT molecular complexity index is 174. The zero-order valence-electron chi connectivity index (χ0n) is 9.75. The molecule has 3 N–H and O–H groups in total. The van der Waals surface area contributed by atoms with Crippen LogP contribution in [0.5, 0.6) is 0 Å². The highest BCUT2D eigenvalue weighted by Gasteiger charge is 2.05. The SMILES string of the molecule is COCC(O)CCNC(=O)CNC(C)C. The van der Waals surface area contributed by atoms with Crippen LogP contribution in [0.4, 0.5) is 0 Å². The second kappa shape index (κ2) is 8.64. The molecule has 0 rings (SSSR count). The molecule has 0 saturated carbocycles. The number of amides is 1. The monoisotopic (exact) mass is 218 g/mol. The first kappa shape index (κ1) is 14.3. The number of hydrogen-bond acceptors (Lipinski definition) is 4. The summed E-state index contributed by atoms with van der Waals surface area (Å²) in [4.78, 5) is 11.2. The minimum Gasteiger partial charge on any atom is -0.391 e. The van der Waals surface area contributed by atoms with Gasteiger partial charge in [-0.25, -0.2) is 0 Å². The van der Waals surface area contributed by atoms with E-state index in [1.54, 1.807) is 0 Å². The van der Waals surface area contributed by atoms with Crippen LogP contribution in [0, 0.1) is 0 Å². The third-order valence-electron chi connectivity index (χ3n) is 1.83. The number of rotatable bonds is 8. The van der Waals surface area contributed by atoms with Crippen molar-refractivity contribution in [2.75, 3.05) is 26.8 Å². The van der Waals surface area contributed by atoms with Crippen molar-refractivity contribution < 1.29 is 14.6 Å². The predicted octanol–water partition coefficient (Wildman–Crippen LogP) is -0.502. The second-order valence-electron chi connectivity index (χ2n) is 3.78. The molecule has 0 fully saturated rings. The normalized spacial score (nSPS) is 12.9. The highest BCUT2D eigenvalue weighted by Crippen LogP contribution is 1.89. The van der Waals surface area contributed by atoms with Crippen molar-refractivity contribution in [3.05, 3.63) is 0 Å². The number of aliphatic hydroxyl groups is 1. The highest BCUT2D eigenvalue weighted by atomic mass is 16.5. The van der Waals surface area contributed by atoms with Crippen molar-refractivity contribution >= 4 is 5.91 Å². The summed E-state index contributed by atoms with van der Waals surface area (Å²) >= 11 is 0. The van der Waals surface area contributed by atoms with Crippen LogP contribution in [-0.2, 0) is 9.53 Å². The minimum atomic E-state index is -0.506. The van der Waals surface area contributed by atoms with Gasteiger partial charge in [-0.2, -0.15) is 0 Å². The zero-order chi connectivity index (χ0) is 11.7. The van der Waals surface area contributed by atoms with E-state index in [1.807, 2.05) is 13.8 Å². The van der Waals surface area contributed by atoms with Gasteiger partial charge in [0.25, 0.3) is 0 Å². The third kappa shape index (κ3) is 9.65. The predicted molar refractivity (Wildman–Crippen MR) is 58.6 cm³/mol. The van der Waals surface area contributed by atoms with Gasteiger partial charge in [0.1, 0.15) is 0 Å². The summed E-state index contributed by atoms with van der Waals surface area (Å²) in [6, 6.07) is 0.301. The molecule has 0 spiro atoms. The van der Waals surface area contributed by atoms with E-state index in [9.17, 15) is 9.90 Å². The number of hydrogen-bond donors (Lipinski definition) is 3. The van der Waals surface area contributed by atoms with Gasteiger partial charge in [-0.05, 0) is 6.42 Å². The molecule has 5 heteroatoms. The van der Waals surface area contributed by atoms with E-state index >= 15 is 0 Å². The lowest BCUT2D eigenvalue weighted by Crippen LogP contribution is -2.38. The second-order valence-corrected chi connectivity index (χ2v) is 3.78. The Morgan fingerprint density at radius 3 is 2.67 bits per heavy atom. The Labute approximate surface area is 91.2 Å². The van der Waals surface area contributed by atoms with E-state index in [-0.39, 0.29) is 5.91 Å². The lowest BCUT2D eigenvalue weighted by Gasteiger charge is -2.11. The van der Waals surface area contributed by atoms with E-state index < -0.39 is 6.10 Å². The van der Waals surface area contributed by atoms with Crippen LogP contribution in [0.3, 0.4) is 0 Å². The Balaban J connectivity index is 3.38. The molecule has 15 heavy (non-hydrogen) atoms. The fraction of sp³-hybridized carbons (Fsp3) is 0.900. The smallest absolute Gasteiger partial charge is 0.233 e. The molecule has 0 heterocycles. The van der Waals surface area contributed by atoms with Crippen molar-refractivity contribution in [3.63, 3.8) is 0 Å². The van der Waals surface area contributed by atoms with E-state index in [2.05, 4.69) is 10.6 Å². The summed E-state index contributed by atoms with van der Waals surface area (Å²) < 4.78 is 4.77. The number of aliphatic hydroxyl groups excluding tert-OH is 1. The van der Waals surface area contributed by atoms with E-state index in [4.69, 9.17) is 4.74 Å². The number of ether oxygens (including phenoxy) is 1. The van der Waals surface area contributed by atoms with Crippen molar-refractivity contribution in [1.29, 1.82) is 0 Å². The van der Waals surface area contributed by atoms with E-state index in [0.717, 1.165) is 0 Å². The molecule has 0 aliphatic heterocycles. The quantitative estimate of drug-likeness (QED) is 0.513. The minimum absolute atomic E-state index is 0.0479. The average Bonchev–Trinajstić information content (AvgIpc) is 2.15. The van der Waals surface area contributed by atoms with Crippen LogP contribution < -0.4 is 10.6 Å². The largest absolute Gasteiger partial charge is 0.391 e. The van der Waals surface area contributed by atoms with Gasteiger partial charge in [0.05, 0.1) is 19.3 Å². The molecule has 5 nitrogen and oxygen atoms in total. The fourth-order valence-electron chi connectivity index (χ4n) is 1.01. The molecule has 0 aromatic carbocycles. The summed E-state index contributed by atoms with van der Waals surface area (Å²) in [5, 5.41) is 15.0. The van der Waals surface area contributed by atoms with Gasteiger partial charge in [-0.15, -0.1) is 0 Å². The molecule has 0 aliphatic rings. The van der Waals surface area contributed by atoms with Crippen LogP contribution in [0.1, 0.15) is 20.3 Å². The molecular formula is C10H22N2O3. The molecule has 0 radical (unpaired) electrons. The Kier molecular flexibility index (Phi) is 8.27. The standard InChI is InChI=1S/C10H22N2O3/c1-8(2)12-6-10(14)11-5-4-9(13)7-15-3/h8-9,12-13H,4-7H2,1-3H3,(H,11,14). The molecule has 1 amide bonds. The Hall–Kier alpha value is -0.650. The first-order valence-electron chi connectivity index (χ1n) is 5.23. The summed E-state index contributed by atoms with van der Waals surface area (Å²) in [6.45, 7) is 5.06. The maximum Gasteiger partial charge on any atom is 0.233 e. The van der Waals surface area contributed by atoms with Gasteiger partial charge >= 0.3 is 0 Å². The molecule has 0 aliphatic carbocycles. The van der Waals surface area contributed by atoms with Crippen LogP contribution in [0.25, 0.3) is 0 Å². The lowest BCUT2D eigenvalue weighted by atomic mass is 10.2. The highest BCUT2D eigenvalue weighted by molar-refractivity contribution is 5.77. The lowest BCUT2D eigenvalue weighted by molar-refractivity contribution is -0.120. The molecule has 1 unspecified atom stereocenters. The van der Waals surface area contributed by atoms with E-state index in [1.165, 1.54) is 7.11 Å². The average molecular weight is 218 g/mol. The summed E-state index contributed by atoms with van der Waals surface area (Å²) in [7, 11) is 1.54. The van der Waals surface area contributed by atoms with Crippen LogP contribution in [0.2, 0.25) is 0 Å². The van der Waals surface area contributed by atoms with Crippen molar-refractivity contribution in [3.8, 4) is 0 Å². The topological polar surface area (TPSA) is 70.6 Å². The zero-order valence-corrected chi connectivity index (χ0v) is 9.75. The maximum absolute atomic E-state index is 11.2. The fourth-order valence-corrected chi connectivity index (χ4v) is 1.01. The molecule has 0 saturated heterocycles. The molecule has 0 aromatic heterocycles. The molecule has 1 atom stereocenters. The van der Waals surface area contributed by atoms with Crippen molar-refractivity contribution in [1.82, 2.24) is 10.6 Å². The summed E-state index contributed by atoms with van der Waals surface area (Å²) in [5.41, 5.74) is 0. The van der Waals surface area contributed by atoms with Gasteiger partial charge in [0, 0.05) is 19.7 Å². The van der Waals surface area contributed by atoms with Crippen molar-refractivity contribution in [2.24, 2.45) is 0 Å². The Morgan fingerprint density at radius 2 is 2.13 bits per heavy atom. The first-order chi connectivity index (χ1) is 7.06. The van der Waals surface area contributed by atoms with Gasteiger partial charge in [-0.1, -0.05) is 13.8 Å². The van der Waals surface area contributed by atoms with E-state index in [0.29, 0.717) is 32.2 Å². The Morgan fingerprint density at radius 1 is 1.47 bits per heavy atom. The van der Waals surface area contributed by atoms with Crippen molar-refractivity contribution in [2.45, 2.75) is 32.4 Å². The number of carbonyl (C=O) groups is 1. The molecule has 0 bridgehead atoms. The third-order valence-corrected chi connectivity index (χ3v) is 1.83. The molecular weight excluding hydrogens is 196 g/mol. The van der Waals surface area contributed by atoms with Crippen LogP contribution in [0.15, 0.2) is 0 Å². The van der Waals surface area contributed by atoms with Crippen LogP contribution in [-0.4, -0.2) is 50.0 Å². The summed E-state index contributed by atoms with van der Waals surface area (Å²) in [5.74, 6) is -0.0479. The van der Waals surface area contributed by atoms with Gasteiger partial charge in [0.15, 0.2) is 0 Å².